The standard InChI is InChI=1S/C36H38N2O5/c1-26-17-19-27(20-18-26)30-12-7-8-13-31(30)35(41)37-29-23-21-28(22-24-29)36(42)38(2)32-14-9-10-15-33(32)43-25-11-5-3-4-6-16-34(39)40/h7-10,12-15,17-24H,3-6,11,16,25H2,1-2H3,(H,37,41)(H,39,40). The maximum absolute atomic E-state index is 13.3. The van der Waals surface area contributed by atoms with Gasteiger partial charge < -0.3 is 20.1 Å². The van der Waals surface area contributed by atoms with E-state index in [1.54, 1.807) is 42.3 Å². The van der Waals surface area contributed by atoms with Crippen LogP contribution in [0.2, 0.25) is 0 Å². The molecule has 222 valence electrons. The third kappa shape index (κ3) is 8.79. The Balaban J connectivity index is 1.35. The Hall–Kier alpha value is -4.91. The van der Waals surface area contributed by atoms with Gasteiger partial charge >= 0.3 is 5.97 Å². The number of aliphatic carboxylic acids is 1. The van der Waals surface area contributed by atoms with Crippen molar-refractivity contribution < 1.29 is 24.2 Å². The molecule has 4 aromatic carbocycles. The number of anilines is 2. The van der Waals surface area contributed by atoms with E-state index in [1.807, 2.05) is 73.7 Å². The van der Waals surface area contributed by atoms with Gasteiger partial charge in [-0.2, -0.15) is 0 Å². The molecule has 2 N–H and O–H groups in total. The fourth-order valence-electron chi connectivity index (χ4n) is 4.81. The number of benzene rings is 4. The first-order chi connectivity index (χ1) is 20.8. The zero-order valence-electron chi connectivity index (χ0n) is 24.7. The van der Waals surface area contributed by atoms with E-state index in [0.717, 1.165) is 42.4 Å². The summed E-state index contributed by atoms with van der Waals surface area (Å²) >= 11 is 0. The Bertz CT molecular complexity index is 1530. The van der Waals surface area contributed by atoms with E-state index < -0.39 is 5.97 Å². The molecule has 2 amide bonds. The zero-order chi connectivity index (χ0) is 30.6. The number of para-hydroxylation sites is 2. The molecular formula is C36H38N2O5. The number of carboxylic acids is 1. The predicted molar refractivity (Wildman–Crippen MR) is 171 cm³/mol. The van der Waals surface area contributed by atoms with Crippen molar-refractivity contribution in [3.63, 3.8) is 0 Å². The van der Waals surface area contributed by atoms with Crippen molar-refractivity contribution in [3.8, 4) is 16.9 Å². The number of nitrogens with zero attached hydrogens (tertiary/aromatic N) is 1. The number of amides is 2. The summed E-state index contributed by atoms with van der Waals surface area (Å²) in [7, 11) is 1.71. The van der Waals surface area contributed by atoms with Gasteiger partial charge in [-0.25, -0.2) is 0 Å². The second-order valence-corrected chi connectivity index (χ2v) is 10.5. The fraction of sp³-hybridized carbons (Fsp3) is 0.250. The van der Waals surface area contributed by atoms with E-state index in [9.17, 15) is 14.4 Å². The lowest BCUT2D eigenvalue weighted by Gasteiger charge is -2.21. The summed E-state index contributed by atoms with van der Waals surface area (Å²) in [5.41, 5.74) is 5.29. The van der Waals surface area contributed by atoms with E-state index in [1.165, 1.54) is 0 Å². The maximum Gasteiger partial charge on any atom is 0.303 e. The molecule has 0 radical (unpaired) electrons. The van der Waals surface area contributed by atoms with Crippen LogP contribution in [0.5, 0.6) is 5.75 Å². The molecule has 0 saturated heterocycles. The summed E-state index contributed by atoms with van der Waals surface area (Å²) in [6.45, 7) is 2.54. The maximum atomic E-state index is 13.3. The number of carbonyl (C=O) groups is 3. The monoisotopic (exact) mass is 578 g/mol. The molecule has 0 fully saturated rings. The van der Waals surface area contributed by atoms with Gasteiger partial charge in [0.15, 0.2) is 0 Å². The van der Waals surface area contributed by atoms with Gasteiger partial charge in [-0.1, -0.05) is 79.4 Å². The number of hydrogen-bond acceptors (Lipinski definition) is 4. The highest BCUT2D eigenvalue weighted by Gasteiger charge is 2.18. The Morgan fingerprint density at radius 1 is 0.767 bits per heavy atom. The van der Waals surface area contributed by atoms with Gasteiger partial charge in [-0.15, -0.1) is 0 Å². The van der Waals surface area contributed by atoms with E-state index >= 15 is 0 Å². The summed E-state index contributed by atoms with van der Waals surface area (Å²) in [6, 6.07) is 29.9. The van der Waals surface area contributed by atoms with Crippen LogP contribution in [0.1, 0.15) is 64.8 Å². The normalized spacial score (nSPS) is 10.7. The van der Waals surface area contributed by atoms with Crippen LogP contribution in [-0.4, -0.2) is 36.5 Å². The zero-order valence-corrected chi connectivity index (χ0v) is 24.7. The van der Waals surface area contributed by atoms with Crippen molar-refractivity contribution in [2.75, 3.05) is 23.9 Å². The van der Waals surface area contributed by atoms with Gasteiger partial charge in [0.05, 0.1) is 12.3 Å². The quantitative estimate of drug-likeness (QED) is 0.148. The van der Waals surface area contributed by atoms with Crippen molar-refractivity contribution in [1.82, 2.24) is 0 Å². The fourth-order valence-corrected chi connectivity index (χ4v) is 4.81. The number of rotatable bonds is 14. The Labute approximate surface area is 253 Å². The number of carbonyl (C=O) groups excluding carboxylic acids is 2. The number of nitrogens with one attached hydrogen (secondary N) is 1. The predicted octanol–water partition coefficient (Wildman–Crippen LogP) is 7.99. The molecule has 4 aromatic rings. The van der Waals surface area contributed by atoms with E-state index in [2.05, 4.69) is 5.32 Å². The molecular weight excluding hydrogens is 540 g/mol. The van der Waals surface area contributed by atoms with Gasteiger partial charge in [0.2, 0.25) is 0 Å². The average molecular weight is 579 g/mol. The number of aryl methyl sites for hydroxylation is 1. The number of hydrogen-bond donors (Lipinski definition) is 2. The largest absolute Gasteiger partial charge is 0.491 e. The molecule has 0 saturated carbocycles. The molecule has 0 aliphatic rings. The van der Waals surface area contributed by atoms with Gasteiger partial charge in [-0.05, 0) is 73.4 Å². The molecule has 0 unspecified atom stereocenters. The SMILES string of the molecule is Cc1ccc(-c2ccccc2C(=O)Nc2ccc(C(=O)N(C)c3ccccc3OCCCCCCCC(=O)O)cc2)cc1. The number of unbranched alkanes of at least 4 members (excludes halogenated alkanes) is 4. The highest BCUT2D eigenvalue weighted by atomic mass is 16.5. The molecule has 0 aliphatic heterocycles. The van der Waals surface area contributed by atoms with Crippen molar-refractivity contribution in [1.29, 1.82) is 0 Å². The smallest absolute Gasteiger partial charge is 0.303 e. The minimum absolute atomic E-state index is 0.197. The van der Waals surface area contributed by atoms with E-state index in [4.69, 9.17) is 9.84 Å². The lowest BCUT2D eigenvalue weighted by atomic mass is 9.98. The number of ether oxygens (including phenoxy) is 1. The summed E-state index contributed by atoms with van der Waals surface area (Å²) < 4.78 is 6.01. The Morgan fingerprint density at radius 3 is 2.16 bits per heavy atom. The summed E-state index contributed by atoms with van der Waals surface area (Å²) in [4.78, 5) is 38.7. The van der Waals surface area contributed by atoms with Crippen LogP contribution >= 0.6 is 0 Å². The first-order valence-electron chi connectivity index (χ1n) is 14.6. The van der Waals surface area contributed by atoms with Crippen LogP contribution in [0.3, 0.4) is 0 Å². The molecule has 0 aromatic heterocycles. The highest BCUT2D eigenvalue weighted by molar-refractivity contribution is 6.09. The van der Waals surface area contributed by atoms with E-state index in [0.29, 0.717) is 41.3 Å². The minimum Gasteiger partial charge on any atom is -0.491 e. The van der Waals surface area contributed by atoms with Crippen molar-refractivity contribution >= 4 is 29.2 Å². The Kier molecular flexibility index (Phi) is 11.1. The average Bonchev–Trinajstić information content (AvgIpc) is 3.02. The van der Waals surface area contributed by atoms with Crippen molar-refractivity contribution in [3.05, 3.63) is 114 Å². The van der Waals surface area contributed by atoms with Crippen LogP contribution in [0.25, 0.3) is 11.1 Å². The third-order valence-corrected chi connectivity index (χ3v) is 7.25. The summed E-state index contributed by atoms with van der Waals surface area (Å²) in [6.07, 6.45) is 4.57. The van der Waals surface area contributed by atoms with Crippen LogP contribution in [0, 0.1) is 6.92 Å². The molecule has 4 rings (SSSR count). The lowest BCUT2D eigenvalue weighted by molar-refractivity contribution is -0.137. The molecule has 0 bridgehead atoms. The lowest BCUT2D eigenvalue weighted by Crippen LogP contribution is -2.26. The Morgan fingerprint density at radius 2 is 1.42 bits per heavy atom. The number of carboxylic acid groups (broad SMARTS) is 1. The molecule has 7 nitrogen and oxygen atoms in total. The molecule has 43 heavy (non-hydrogen) atoms. The van der Waals surface area contributed by atoms with Crippen molar-refractivity contribution in [2.24, 2.45) is 0 Å². The summed E-state index contributed by atoms with van der Waals surface area (Å²) in [5, 5.41) is 11.7. The highest BCUT2D eigenvalue weighted by Crippen LogP contribution is 2.29. The van der Waals surface area contributed by atoms with Gasteiger partial charge in [0.1, 0.15) is 5.75 Å². The van der Waals surface area contributed by atoms with Crippen LogP contribution in [0.4, 0.5) is 11.4 Å². The first-order valence-corrected chi connectivity index (χ1v) is 14.6. The molecule has 7 heteroatoms. The first kappa shape index (κ1) is 31.0. The van der Waals surface area contributed by atoms with Crippen LogP contribution in [-0.2, 0) is 4.79 Å². The molecule has 0 heterocycles. The van der Waals surface area contributed by atoms with Crippen LogP contribution < -0.4 is 15.0 Å². The van der Waals surface area contributed by atoms with Gasteiger partial charge in [0, 0.05) is 30.3 Å². The van der Waals surface area contributed by atoms with Crippen molar-refractivity contribution in [2.45, 2.75) is 45.4 Å². The van der Waals surface area contributed by atoms with E-state index in [-0.39, 0.29) is 18.2 Å². The molecule has 0 aliphatic carbocycles. The van der Waals surface area contributed by atoms with Crippen LogP contribution in [0.15, 0.2) is 97.1 Å². The minimum atomic E-state index is -0.753. The molecule has 0 spiro atoms. The van der Waals surface area contributed by atoms with Gasteiger partial charge in [0.25, 0.3) is 11.8 Å². The third-order valence-electron chi connectivity index (χ3n) is 7.25. The topological polar surface area (TPSA) is 95.9 Å². The second kappa shape index (κ2) is 15.4. The summed E-state index contributed by atoms with van der Waals surface area (Å²) in [5.74, 6) is -0.548. The van der Waals surface area contributed by atoms with Gasteiger partial charge in [-0.3, -0.25) is 14.4 Å². The second-order valence-electron chi connectivity index (χ2n) is 10.5. The molecule has 0 atom stereocenters.